The normalized spacial score (nSPS) is 14.5. The minimum Gasteiger partial charge on any atom is -0.495 e. The van der Waals surface area contributed by atoms with E-state index in [-0.39, 0.29) is 40.5 Å². The van der Waals surface area contributed by atoms with Crippen LogP contribution in [0, 0.1) is 5.41 Å². The predicted octanol–water partition coefficient (Wildman–Crippen LogP) is 3.59. The van der Waals surface area contributed by atoms with E-state index in [1.807, 2.05) is 32.9 Å². The number of hydrogen-bond donors (Lipinski definition) is 1. The van der Waals surface area contributed by atoms with Gasteiger partial charge in [-0.3, -0.25) is 10.2 Å². The molecular formula is C26H32F3N5O5. The third-order valence-corrected chi connectivity index (χ3v) is 6.36. The lowest BCUT2D eigenvalue weighted by molar-refractivity contribution is -0.153. The molecule has 13 heteroatoms. The average molecular weight is 552 g/mol. The van der Waals surface area contributed by atoms with E-state index in [0.29, 0.717) is 37.6 Å². The molecule has 39 heavy (non-hydrogen) atoms. The molecule has 1 aliphatic heterocycles. The van der Waals surface area contributed by atoms with Crippen LogP contribution < -0.4 is 24.7 Å². The summed E-state index contributed by atoms with van der Waals surface area (Å²) in [5.41, 5.74) is 1.80. The first kappa shape index (κ1) is 28.3. The fourth-order valence-electron chi connectivity index (χ4n) is 4.46. The molecule has 1 fully saturated rings. The number of halogens is 3. The zero-order chi connectivity index (χ0) is 28.5. The number of nitrogens with zero attached hydrogens (tertiary/aromatic N) is 4. The summed E-state index contributed by atoms with van der Waals surface area (Å²) in [5.74, 6) is -0.0234. The second-order valence-corrected chi connectivity index (χ2v) is 10.2. The molecule has 2 aromatic heterocycles. The van der Waals surface area contributed by atoms with E-state index < -0.39 is 12.8 Å². The van der Waals surface area contributed by atoms with Gasteiger partial charge in [-0.05, 0) is 23.1 Å². The van der Waals surface area contributed by atoms with Gasteiger partial charge in [0.05, 0.1) is 45.2 Å². The van der Waals surface area contributed by atoms with Crippen molar-refractivity contribution >= 4 is 17.0 Å². The number of imidazole rings is 1. The number of carbonyl (C=O) groups excluding carboxylic acids is 1. The number of alkyl halides is 3. The second kappa shape index (κ2) is 10.8. The first-order valence-corrected chi connectivity index (χ1v) is 12.3. The molecule has 1 saturated heterocycles. The number of ketones is 1. The van der Waals surface area contributed by atoms with Gasteiger partial charge in [0.15, 0.2) is 18.1 Å². The van der Waals surface area contributed by atoms with E-state index in [9.17, 15) is 18.0 Å². The van der Waals surface area contributed by atoms with Crippen molar-refractivity contribution in [2.75, 3.05) is 52.0 Å². The number of morpholine rings is 1. The number of nitrogens with one attached hydrogen (secondary N) is 1. The Morgan fingerprint density at radius 2 is 1.77 bits per heavy atom. The highest BCUT2D eigenvalue weighted by Gasteiger charge is 2.30. The average Bonchev–Trinajstić information content (AvgIpc) is 3.19. The van der Waals surface area contributed by atoms with Gasteiger partial charge in [-0.2, -0.15) is 17.7 Å². The molecule has 0 bridgehead atoms. The Labute approximate surface area is 223 Å². The molecule has 3 heterocycles. The van der Waals surface area contributed by atoms with Gasteiger partial charge >= 0.3 is 6.18 Å². The van der Waals surface area contributed by atoms with Crippen LogP contribution in [0.4, 0.5) is 18.9 Å². The fourth-order valence-corrected chi connectivity index (χ4v) is 4.46. The first-order chi connectivity index (χ1) is 18.3. The molecular weight excluding hydrogens is 519 g/mol. The largest absolute Gasteiger partial charge is 0.495 e. The second-order valence-electron chi connectivity index (χ2n) is 10.2. The van der Waals surface area contributed by atoms with Crippen molar-refractivity contribution in [2.45, 2.75) is 38.9 Å². The van der Waals surface area contributed by atoms with Crippen LogP contribution in [0.25, 0.3) is 5.52 Å². The van der Waals surface area contributed by atoms with Gasteiger partial charge in [-0.1, -0.05) is 20.8 Å². The monoisotopic (exact) mass is 551 g/mol. The molecule has 0 amide bonds. The molecule has 212 valence electrons. The van der Waals surface area contributed by atoms with Gasteiger partial charge in [0.25, 0.3) is 5.88 Å². The van der Waals surface area contributed by atoms with Crippen molar-refractivity contribution < 1.29 is 36.9 Å². The summed E-state index contributed by atoms with van der Waals surface area (Å²) in [6.07, 6.45) is -3.08. The zero-order valence-corrected chi connectivity index (χ0v) is 22.5. The number of carbonyl (C=O) groups is 1. The fraction of sp³-hybridized carbons (Fsp3) is 0.500. The minimum atomic E-state index is -4.55. The maximum Gasteiger partial charge on any atom is 0.422 e. The summed E-state index contributed by atoms with van der Waals surface area (Å²) in [5, 5.41) is 12.7. The van der Waals surface area contributed by atoms with Gasteiger partial charge in [0.1, 0.15) is 5.75 Å². The lowest BCUT2D eigenvalue weighted by Gasteiger charge is -2.32. The van der Waals surface area contributed by atoms with E-state index in [2.05, 4.69) is 10.00 Å². The smallest absolute Gasteiger partial charge is 0.422 e. The number of rotatable bonds is 8. The van der Waals surface area contributed by atoms with Gasteiger partial charge < -0.3 is 28.4 Å². The van der Waals surface area contributed by atoms with E-state index in [1.54, 1.807) is 7.11 Å². The number of benzene rings is 1. The van der Waals surface area contributed by atoms with E-state index in [0.717, 1.165) is 11.3 Å². The molecule has 0 atom stereocenters. The first-order valence-electron chi connectivity index (χ1n) is 12.3. The van der Waals surface area contributed by atoms with Gasteiger partial charge in [0, 0.05) is 30.9 Å². The van der Waals surface area contributed by atoms with Crippen LogP contribution in [0.5, 0.6) is 17.4 Å². The zero-order valence-electron chi connectivity index (χ0n) is 22.5. The Morgan fingerprint density at radius 1 is 1.08 bits per heavy atom. The molecule has 0 spiro atoms. The summed E-state index contributed by atoms with van der Waals surface area (Å²) in [7, 11) is 2.83. The van der Waals surface area contributed by atoms with Crippen LogP contribution in [0.2, 0.25) is 0 Å². The number of aromatic nitrogens is 3. The number of hydrogen-bond acceptors (Lipinski definition) is 8. The Hall–Kier alpha value is -3.74. The third-order valence-electron chi connectivity index (χ3n) is 6.36. The van der Waals surface area contributed by atoms with Gasteiger partial charge in [-0.15, -0.1) is 5.10 Å². The molecule has 0 radical (unpaired) electrons. The molecule has 0 unspecified atom stereocenters. The molecule has 1 N–H and O–H groups in total. The number of Topliss-reactive ketones (excluding diaryl/α,β-unsaturated/α-hetero) is 1. The maximum absolute atomic E-state index is 13.8. The number of anilines is 1. The lowest BCUT2D eigenvalue weighted by Crippen LogP contribution is -2.36. The van der Waals surface area contributed by atoms with Crippen LogP contribution >= 0.6 is 0 Å². The van der Waals surface area contributed by atoms with Crippen molar-refractivity contribution in [2.24, 2.45) is 0 Å². The standard InChI is InChI=1S/C26H32F3N5O5/c1-25(2,3)18-12-21(36-4)19(32-6-8-38-9-7-32)11-17(18)20(35)14-33-13-16-10-22(39-15-26(27,28)29)23(37-5)31-34(16)24(33)30/h10-13,30H,6-9,14-15H2,1-5H3. The van der Waals surface area contributed by atoms with Crippen LogP contribution in [0.1, 0.15) is 36.7 Å². The summed E-state index contributed by atoms with van der Waals surface area (Å²) < 4.78 is 61.7. The SMILES string of the molecule is COc1cc(C(C)(C)C)c(C(=O)Cn2cc3cc(OCC(F)(F)F)c(OC)nn3c2=N)cc1N1CCOCC1. The van der Waals surface area contributed by atoms with Crippen molar-refractivity contribution in [3.8, 4) is 17.4 Å². The molecule has 4 rings (SSSR count). The van der Waals surface area contributed by atoms with E-state index >= 15 is 0 Å². The van der Waals surface area contributed by atoms with Gasteiger partial charge in [-0.25, -0.2) is 0 Å². The van der Waals surface area contributed by atoms with Gasteiger partial charge in [0.2, 0.25) is 5.62 Å². The molecule has 1 aliphatic rings. The van der Waals surface area contributed by atoms with Crippen LogP contribution in [-0.4, -0.2) is 73.3 Å². The number of fused-ring (bicyclic) bond motifs is 1. The van der Waals surface area contributed by atoms with Crippen LogP contribution in [-0.2, 0) is 16.7 Å². The Kier molecular flexibility index (Phi) is 7.82. The van der Waals surface area contributed by atoms with E-state index in [1.165, 1.54) is 28.5 Å². The predicted molar refractivity (Wildman–Crippen MR) is 136 cm³/mol. The molecule has 10 nitrogen and oxygen atoms in total. The molecule has 3 aromatic rings. The third kappa shape index (κ3) is 6.13. The summed E-state index contributed by atoms with van der Waals surface area (Å²) in [6, 6.07) is 5.01. The topological polar surface area (TPSA) is 103 Å². The summed E-state index contributed by atoms with van der Waals surface area (Å²) >= 11 is 0. The van der Waals surface area contributed by atoms with Crippen molar-refractivity contribution in [3.63, 3.8) is 0 Å². The van der Waals surface area contributed by atoms with Crippen molar-refractivity contribution in [1.29, 1.82) is 5.41 Å². The number of ether oxygens (including phenoxy) is 4. The van der Waals surface area contributed by atoms with Crippen molar-refractivity contribution in [1.82, 2.24) is 14.2 Å². The number of methoxy groups -OCH3 is 2. The Balaban J connectivity index is 1.73. The Morgan fingerprint density at radius 3 is 2.36 bits per heavy atom. The highest BCUT2D eigenvalue weighted by molar-refractivity contribution is 5.99. The minimum absolute atomic E-state index is 0.154. The summed E-state index contributed by atoms with van der Waals surface area (Å²) in [6.45, 7) is 6.73. The molecule has 0 saturated carbocycles. The Bertz CT molecular complexity index is 1420. The highest BCUT2D eigenvalue weighted by Crippen LogP contribution is 2.37. The molecule has 1 aromatic carbocycles. The van der Waals surface area contributed by atoms with E-state index in [4.69, 9.17) is 24.4 Å². The maximum atomic E-state index is 13.8. The molecule has 0 aliphatic carbocycles. The highest BCUT2D eigenvalue weighted by atomic mass is 19.4. The summed E-state index contributed by atoms with van der Waals surface area (Å²) in [4.78, 5) is 15.9. The van der Waals surface area contributed by atoms with Crippen molar-refractivity contribution in [3.05, 3.63) is 41.1 Å². The quantitative estimate of drug-likeness (QED) is 0.427. The van der Waals surface area contributed by atoms with Crippen LogP contribution in [0.15, 0.2) is 24.4 Å². The van der Waals surface area contributed by atoms with Crippen LogP contribution in [0.3, 0.4) is 0 Å². The lowest BCUT2D eigenvalue weighted by atomic mass is 9.82.